The molecular weight excluding hydrogens is 348 g/mol. The SMILES string of the molecule is CN(C(=O)c1ccccc1Br)N1C(=O)c2ccccc2C1=O. The van der Waals surface area contributed by atoms with Crippen molar-refractivity contribution < 1.29 is 14.4 Å². The Morgan fingerprint density at radius 1 is 0.955 bits per heavy atom. The van der Waals surface area contributed by atoms with Gasteiger partial charge < -0.3 is 0 Å². The molecule has 110 valence electrons. The molecule has 0 aromatic heterocycles. The standard InChI is InChI=1S/C16H11BrN2O3/c1-18(14(20)12-8-4-5-9-13(12)17)19-15(21)10-6-2-3-7-11(10)16(19)22/h2-9H,1H3. The summed E-state index contributed by atoms with van der Waals surface area (Å²) < 4.78 is 0.600. The normalized spacial score (nSPS) is 13.3. The van der Waals surface area contributed by atoms with Crippen LogP contribution < -0.4 is 0 Å². The van der Waals surface area contributed by atoms with E-state index in [4.69, 9.17) is 0 Å². The lowest BCUT2D eigenvalue weighted by molar-refractivity contribution is 0.0127. The smallest absolute Gasteiger partial charge is 0.267 e. The van der Waals surface area contributed by atoms with Crippen LogP contribution in [0.4, 0.5) is 0 Å². The molecule has 0 aliphatic carbocycles. The van der Waals surface area contributed by atoms with Gasteiger partial charge >= 0.3 is 0 Å². The van der Waals surface area contributed by atoms with Gasteiger partial charge in [0, 0.05) is 11.5 Å². The van der Waals surface area contributed by atoms with E-state index in [0.29, 0.717) is 21.2 Å². The molecule has 2 aromatic rings. The number of imide groups is 1. The molecule has 1 heterocycles. The number of rotatable bonds is 2. The van der Waals surface area contributed by atoms with Gasteiger partial charge in [0.1, 0.15) is 0 Å². The van der Waals surface area contributed by atoms with E-state index >= 15 is 0 Å². The third-order valence-corrected chi connectivity index (χ3v) is 4.16. The molecule has 0 N–H and O–H groups in total. The van der Waals surface area contributed by atoms with E-state index in [1.54, 1.807) is 48.5 Å². The molecule has 3 amide bonds. The van der Waals surface area contributed by atoms with Crippen molar-refractivity contribution >= 4 is 33.7 Å². The molecule has 0 unspecified atom stereocenters. The van der Waals surface area contributed by atoms with Crippen molar-refractivity contribution in [2.75, 3.05) is 7.05 Å². The number of carbonyl (C=O) groups excluding carboxylic acids is 3. The number of benzene rings is 2. The minimum Gasteiger partial charge on any atom is -0.267 e. The number of hydrogen-bond donors (Lipinski definition) is 0. The minimum absolute atomic E-state index is 0.305. The average molecular weight is 359 g/mol. The number of nitrogens with zero attached hydrogens (tertiary/aromatic N) is 2. The van der Waals surface area contributed by atoms with Gasteiger partial charge in [-0.15, -0.1) is 0 Å². The molecule has 0 bridgehead atoms. The van der Waals surface area contributed by atoms with Gasteiger partial charge in [-0.25, -0.2) is 5.01 Å². The maximum atomic E-state index is 12.5. The summed E-state index contributed by atoms with van der Waals surface area (Å²) in [4.78, 5) is 37.3. The highest BCUT2D eigenvalue weighted by Gasteiger charge is 2.40. The number of halogens is 1. The Morgan fingerprint density at radius 2 is 1.45 bits per heavy atom. The average Bonchev–Trinajstić information content (AvgIpc) is 2.78. The highest BCUT2D eigenvalue weighted by Crippen LogP contribution is 2.25. The van der Waals surface area contributed by atoms with Gasteiger partial charge in [-0.3, -0.25) is 14.4 Å². The molecule has 6 heteroatoms. The van der Waals surface area contributed by atoms with Gasteiger partial charge in [-0.05, 0) is 40.2 Å². The largest absolute Gasteiger partial charge is 0.280 e. The summed E-state index contributed by atoms with van der Waals surface area (Å²) in [6.07, 6.45) is 0. The zero-order valence-corrected chi connectivity index (χ0v) is 13.2. The van der Waals surface area contributed by atoms with Crippen molar-refractivity contribution in [3.63, 3.8) is 0 Å². The van der Waals surface area contributed by atoms with Crippen LogP contribution in [0.2, 0.25) is 0 Å². The molecule has 3 rings (SSSR count). The quantitative estimate of drug-likeness (QED) is 0.775. The van der Waals surface area contributed by atoms with Crippen molar-refractivity contribution in [1.29, 1.82) is 0 Å². The van der Waals surface area contributed by atoms with Gasteiger partial charge in [0.05, 0.1) is 16.7 Å². The Kier molecular flexibility index (Phi) is 3.54. The van der Waals surface area contributed by atoms with Gasteiger partial charge in [0.25, 0.3) is 17.7 Å². The van der Waals surface area contributed by atoms with Gasteiger partial charge in [0.2, 0.25) is 0 Å². The molecule has 0 radical (unpaired) electrons. The monoisotopic (exact) mass is 358 g/mol. The van der Waals surface area contributed by atoms with Gasteiger partial charge in [-0.2, -0.15) is 5.01 Å². The number of hydrogen-bond acceptors (Lipinski definition) is 3. The molecule has 2 aromatic carbocycles. The molecule has 0 saturated carbocycles. The van der Waals surface area contributed by atoms with Crippen LogP contribution in [-0.4, -0.2) is 34.8 Å². The Bertz CT molecular complexity index is 768. The minimum atomic E-state index is -0.497. The Labute approximate surface area is 135 Å². The van der Waals surface area contributed by atoms with Crippen LogP contribution in [-0.2, 0) is 0 Å². The topological polar surface area (TPSA) is 57.7 Å². The van der Waals surface area contributed by atoms with E-state index in [1.807, 2.05) is 0 Å². The van der Waals surface area contributed by atoms with Crippen LogP contribution in [0, 0.1) is 0 Å². The molecule has 0 saturated heterocycles. The van der Waals surface area contributed by atoms with E-state index in [-0.39, 0.29) is 0 Å². The molecule has 1 aliphatic rings. The van der Waals surface area contributed by atoms with Crippen LogP contribution in [0.25, 0.3) is 0 Å². The predicted molar refractivity (Wildman–Crippen MR) is 83.2 cm³/mol. The fraction of sp³-hybridized carbons (Fsp3) is 0.0625. The van der Waals surface area contributed by atoms with E-state index in [9.17, 15) is 14.4 Å². The number of hydrazine groups is 1. The number of fused-ring (bicyclic) bond motifs is 1. The van der Waals surface area contributed by atoms with Crippen LogP contribution in [0.5, 0.6) is 0 Å². The van der Waals surface area contributed by atoms with Crippen LogP contribution in [0.1, 0.15) is 31.1 Å². The Hall–Kier alpha value is -2.47. The van der Waals surface area contributed by atoms with Gasteiger partial charge in [-0.1, -0.05) is 24.3 Å². The molecule has 0 spiro atoms. The molecule has 0 atom stereocenters. The first-order valence-electron chi connectivity index (χ1n) is 6.52. The summed E-state index contributed by atoms with van der Waals surface area (Å²) in [5.41, 5.74) is 0.986. The van der Waals surface area contributed by atoms with Crippen molar-refractivity contribution in [2.45, 2.75) is 0 Å². The second-order valence-electron chi connectivity index (χ2n) is 4.78. The van der Waals surface area contributed by atoms with Crippen LogP contribution in [0.3, 0.4) is 0 Å². The summed E-state index contributed by atoms with van der Waals surface area (Å²) in [5.74, 6) is -1.44. The first kappa shape index (κ1) is 14.5. The van der Waals surface area contributed by atoms with Crippen molar-refractivity contribution in [3.8, 4) is 0 Å². The first-order chi connectivity index (χ1) is 10.5. The first-order valence-corrected chi connectivity index (χ1v) is 7.32. The third-order valence-electron chi connectivity index (χ3n) is 3.47. The van der Waals surface area contributed by atoms with E-state index in [1.165, 1.54) is 7.05 Å². The summed E-state index contributed by atoms with van der Waals surface area (Å²) in [6.45, 7) is 0. The van der Waals surface area contributed by atoms with E-state index in [2.05, 4.69) is 15.9 Å². The number of carbonyl (C=O) groups is 3. The molecule has 1 aliphatic heterocycles. The van der Waals surface area contributed by atoms with Crippen molar-refractivity contribution in [3.05, 3.63) is 69.7 Å². The maximum absolute atomic E-state index is 12.5. The Morgan fingerprint density at radius 3 is 2.00 bits per heavy atom. The predicted octanol–water partition coefficient (Wildman–Crippen LogP) is 2.73. The second-order valence-corrected chi connectivity index (χ2v) is 5.63. The fourth-order valence-corrected chi connectivity index (χ4v) is 2.80. The summed E-state index contributed by atoms with van der Waals surface area (Å²) in [5, 5.41) is 1.91. The molecule has 0 fully saturated rings. The molecular formula is C16H11BrN2O3. The van der Waals surface area contributed by atoms with E-state index < -0.39 is 17.7 Å². The lowest BCUT2D eigenvalue weighted by Crippen LogP contribution is -2.47. The second kappa shape index (κ2) is 5.38. The molecule has 22 heavy (non-hydrogen) atoms. The van der Waals surface area contributed by atoms with E-state index in [0.717, 1.165) is 10.0 Å². The number of amides is 3. The maximum Gasteiger partial charge on any atom is 0.280 e. The van der Waals surface area contributed by atoms with Crippen LogP contribution in [0.15, 0.2) is 53.0 Å². The van der Waals surface area contributed by atoms with Crippen LogP contribution >= 0.6 is 15.9 Å². The summed E-state index contributed by atoms with van der Waals surface area (Å²) in [6, 6.07) is 13.4. The van der Waals surface area contributed by atoms with Crippen molar-refractivity contribution in [1.82, 2.24) is 10.0 Å². The third kappa shape index (κ3) is 2.12. The zero-order chi connectivity index (χ0) is 15.9. The highest BCUT2D eigenvalue weighted by atomic mass is 79.9. The highest BCUT2D eigenvalue weighted by molar-refractivity contribution is 9.10. The summed E-state index contributed by atoms with van der Waals surface area (Å²) >= 11 is 3.30. The summed E-state index contributed by atoms with van der Waals surface area (Å²) in [7, 11) is 1.41. The lowest BCUT2D eigenvalue weighted by Gasteiger charge is -2.26. The molecule has 5 nitrogen and oxygen atoms in total. The Balaban J connectivity index is 1.96. The zero-order valence-electron chi connectivity index (χ0n) is 11.6. The van der Waals surface area contributed by atoms with Gasteiger partial charge in [0.15, 0.2) is 0 Å². The fourth-order valence-electron chi connectivity index (χ4n) is 2.35. The van der Waals surface area contributed by atoms with Crippen molar-refractivity contribution in [2.24, 2.45) is 0 Å². The lowest BCUT2D eigenvalue weighted by atomic mass is 10.1.